The molecule has 0 bridgehead atoms. The van der Waals surface area contributed by atoms with Gasteiger partial charge in [-0.2, -0.15) is 0 Å². The van der Waals surface area contributed by atoms with Gasteiger partial charge in [0.25, 0.3) is 0 Å². The predicted molar refractivity (Wildman–Crippen MR) is 74.9 cm³/mol. The van der Waals surface area contributed by atoms with Gasteiger partial charge in [0.2, 0.25) is 0 Å². The molecule has 1 atom stereocenters. The second-order valence-electron chi connectivity index (χ2n) is 4.89. The lowest BCUT2D eigenvalue weighted by Crippen LogP contribution is -2.53. The lowest BCUT2D eigenvalue weighted by Gasteiger charge is -2.31. The first-order valence-electron chi connectivity index (χ1n) is 6.41. The van der Waals surface area contributed by atoms with E-state index in [4.69, 9.17) is 0 Å². The summed E-state index contributed by atoms with van der Waals surface area (Å²) < 4.78 is 0. The maximum atomic E-state index is 3.56. The van der Waals surface area contributed by atoms with Gasteiger partial charge in [-0.25, -0.2) is 0 Å². The molecule has 1 aliphatic heterocycles. The average Bonchev–Trinajstić information content (AvgIpc) is 2.71. The van der Waals surface area contributed by atoms with Crippen LogP contribution in [0.2, 0.25) is 0 Å². The molecular formula is C13H23N3S. The van der Waals surface area contributed by atoms with Gasteiger partial charge in [0.1, 0.15) is 0 Å². The molecule has 1 fully saturated rings. The minimum absolute atomic E-state index is 0.609. The van der Waals surface area contributed by atoms with Crippen LogP contribution in [0, 0.1) is 6.92 Å². The molecule has 1 aliphatic rings. The molecule has 0 aromatic carbocycles. The first-order chi connectivity index (χ1) is 8.25. The Kier molecular flexibility index (Phi) is 4.98. The zero-order chi connectivity index (χ0) is 12.1. The largest absolute Gasteiger partial charge is 0.315 e. The number of rotatable bonds is 5. The SMILES string of the molecule is Cc1ccsc1CCNCC1CN(C)CCN1. The highest BCUT2D eigenvalue weighted by atomic mass is 32.1. The second-order valence-corrected chi connectivity index (χ2v) is 5.89. The van der Waals surface area contributed by atoms with Gasteiger partial charge in [-0.3, -0.25) is 0 Å². The second kappa shape index (κ2) is 6.50. The molecule has 0 radical (unpaired) electrons. The highest BCUT2D eigenvalue weighted by molar-refractivity contribution is 7.10. The zero-order valence-electron chi connectivity index (χ0n) is 10.8. The summed E-state index contributed by atoms with van der Waals surface area (Å²) in [4.78, 5) is 3.91. The van der Waals surface area contributed by atoms with E-state index in [-0.39, 0.29) is 0 Å². The normalized spacial score (nSPS) is 21.9. The molecule has 1 saturated heterocycles. The van der Waals surface area contributed by atoms with Crippen LogP contribution in [-0.4, -0.2) is 50.7 Å². The Morgan fingerprint density at radius 1 is 1.59 bits per heavy atom. The number of nitrogens with zero attached hydrogens (tertiary/aromatic N) is 1. The monoisotopic (exact) mass is 253 g/mol. The van der Waals surface area contributed by atoms with E-state index >= 15 is 0 Å². The van der Waals surface area contributed by atoms with Crippen molar-refractivity contribution in [3.05, 3.63) is 21.9 Å². The molecule has 0 saturated carbocycles. The first kappa shape index (κ1) is 13.0. The van der Waals surface area contributed by atoms with E-state index in [1.54, 1.807) is 0 Å². The summed E-state index contributed by atoms with van der Waals surface area (Å²) >= 11 is 1.87. The molecule has 1 aromatic heterocycles. The van der Waals surface area contributed by atoms with Crippen LogP contribution in [0.25, 0.3) is 0 Å². The number of aryl methyl sites for hydroxylation is 1. The van der Waals surface area contributed by atoms with Crippen molar-refractivity contribution in [2.45, 2.75) is 19.4 Å². The lowest BCUT2D eigenvalue weighted by atomic mass is 10.2. The molecule has 2 heterocycles. The number of thiophene rings is 1. The van der Waals surface area contributed by atoms with E-state index in [9.17, 15) is 0 Å². The van der Waals surface area contributed by atoms with Crippen molar-refractivity contribution in [1.29, 1.82) is 0 Å². The van der Waals surface area contributed by atoms with E-state index in [2.05, 4.69) is 41.0 Å². The van der Waals surface area contributed by atoms with Gasteiger partial charge < -0.3 is 15.5 Å². The lowest BCUT2D eigenvalue weighted by molar-refractivity contribution is 0.235. The molecule has 3 nitrogen and oxygen atoms in total. The Labute approximate surface area is 108 Å². The van der Waals surface area contributed by atoms with Crippen molar-refractivity contribution in [1.82, 2.24) is 15.5 Å². The van der Waals surface area contributed by atoms with Crippen LogP contribution in [0.15, 0.2) is 11.4 Å². The Hall–Kier alpha value is -0.420. The van der Waals surface area contributed by atoms with Crippen LogP contribution in [0.5, 0.6) is 0 Å². The maximum Gasteiger partial charge on any atom is 0.0320 e. The number of nitrogens with one attached hydrogen (secondary N) is 2. The van der Waals surface area contributed by atoms with Gasteiger partial charge in [0.05, 0.1) is 0 Å². The molecule has 2 rings (SSSR count). The van der Waals surface area contributed by atoms with Crippen molar-refractivity contribution in [2.75, 3.05) is 39.8 Å². The van der Waals surface area contributed by atoms with Gasteiger partial charge in [-0.1, -0.05) is 0 Å². The van der Waals surface area contributed by atoms with E-state index in [0.29, 0.717) is 6.04 Å². The summed E-state index contributed by atoms with van der Waals surface area (Å²) in [5.41, 5.74) is 1.44. The highest BCUT2D eigenvalue weighted by Crippen LogP contribution is 2.15. The Balaban J connectivity index is 1.61. The third-order valence-electron chi connectivity index (χ3n) is 3.35. The topological polar surface area (TPSA) is 27.3 Å². The van der Waals surface area contributed by atoms with Crippen molar-refractivity contribution in [3.63, 3.8) is 0 Å². The van der Waals surface area contributed by atoms with Crippen molar-refractivity contribution < 1.29 is 0 Å². The molecular weight excluding hydrogens is 230 g/mol. The smallest absolute Gasteiger partial charge is 0.0320 e. The van der Waals surface area contributed by atoms with Gasteiger partial charge in [-0.15, -0.1) is 11.3 Å². The summed E-state index contributed by atoms with van der Waals surface area (Å²) in [5.74, 6) is 0. The quantitative estimate of drug-likeness (QED) is 0.769. The molecule has 0 amide bonds. The van der Waals surface area contributed by atoms with Gasteiger partial charge in [-0.05, 0) is 37.4 Å². The molecule has 1 unspecified atom stereocenters. The van der Waals surface area contributed by atoms with Crippen molar-refractivity contribution in [3.8, 4) is 0 Å². The number of piperazine rings is 1. The van der Waals surface area contributed by atoms with Crippen molar-refractivity contribution in [2.24, 2.45) is 0 Å². The molecule has 17 heavy (non-hydrogen) atoms. The summed E-state index contributed by atoms with van der Waals surface area (Å²) in [5, 5.41) is 9.29. The fraction of sp³-hybridized carbons (Fsp3) is 0.692. The molecule has 4 heteroatoms. The Bertz CT molecular complexity index is 337. The summed E-state index contributed by atoms with van der Waals surface area (Å²) in [7, 11) is 2.20. The van der Waals surface area contributed by atoms with E-state index < -0.39 is 0 Å². The van der Waals surface area contributed by atoms with Crippen LogP contribution in [0.4, 0.5) is 0 Å². The maximum absolute atomic E-state index is 3.56. The zero-order valence-corrected chi connectivity index (χ0v) is 11.6. The van der Waals surface area contributed by atoms with Crippen LogP contribution in [0.3, 0.4) is 0 Å². The summed E-state index contributed by atoms with van der Waals surface area (Å²) in [6.45, 7) is 7.81. The minimum Gasteiger partial charge on any atom is -0.315 e. The van der Waals surface area contributed by atoms with Gasteiger partial charge in [0, 0.05) is 43.6 Å². The molecule has 1 aromatic rings. The number of hydrogen-bond acceptors (Lipinski definition) is 4. The van der Waals surface area contributed by atoms with E-state index in [1.807, 2.05) is 11.3 Å². The van der Waals surface area contributed by atoms with Crippen molar-refractivity contribution >= 4 is 11.3 Å². The van der Waals surface area contributed by atoms with Crippen LogP contribution in [0.1, 0.15) is 10.4 Å². The summed E-state index contributed by atoms with van der Waals surface area (Å²) in [6, 6.07) is 2.82. The van der Waals surface area contributed by atoms with Crippen LogP contribution < -0.4 is 10.6 Å². The summed E-state index contributed by atoms with van der Waals surface area (Å²) in [6.07, 6.45) is 1.16. The van der Waals surface area contributed by atoms with Gasteiger partial charge in [0.15, 0.2) is 0 Å². The number of likely N-dealkylation sites (N-methyl/N-ethyl adjacent to an activating group) is 1. The predicted octanol–water partition coefficient (Wildman–Crippen LogP) is 1.09. The molecule has 0 aliphatic carbocycles. The minimum atomic E-state index is 0.609. The fourth-order valence-electron chi connectivity index (χ4n) is 2.27. The first-order valence-corrected chi connectivity index (χ1v) is 7.29. The molecule has 0 spiro atoms. The molecule has 2 N–H and O–H groups in total. The van der Waals surface area contributed by atoms with Crippen LogP contribution in [-0.2, 0) is 6.42 Å². The third kappa shape index (κ3) is 4.07. The standard InChI is InChI=1S/C13H23N3S/c1-11-4-8-17-13(11)3-5-14-9-12-10-16(2)7-6-15-12/h4,8,12,14-15H,3,5-7,9-10H2,1-2H3. The van der Waals surface area contributed by atoms with E-state index in [0.717, 1.165) is 32.6 Å². The van der Waals surface area contributed by atoms with Crippen LogP contribution >= 0.6 is 11.3 Å². The van der Waals surface area contributed by atoms with E-state index in [1.165, 1.54) is 17.0 Å². The Morgan fingerprint density at radius 3 is 3.18 bits per heavy atom. The fourth-order valence-corrected chi connectivity index (χ4v) is 3.18. The number of hydrogen-bond donors (Lipinski definition) is 2. The van der Waals surface area contributed by atoms with Gasteiger partial charge >= 0.3 is 0 Å². The average molecular weight is 253 g/mol. The third-order valence-corrected chi connectivity index (χ3v) is 4.43. The molecule has 96 valence electrons. The Morgan fingerprint density at radius 2 is 2.47 bits per heavy atom. The highest BCUT2D eigenvalue weighted by Gasteiger charge is 2.15.